The molecule has 0 aliphatic heterocycles. The normalized spacial score (nSPS) is 13.5. The fourth-order valence-electron chi connectivity index (χ4n) is 0.403. The van der Waals surface area contributed by atoms with E-state index in [0.29, 0.717) is 0 Å². The van der Waals surface area contributed by atoms with E-state index in [1.807, 2.05) is 0 Å². The average molecular weight is 238 g/mol. The molecule has 0 aliphatic rings. The Morgan fingerprint density at radius 2 is 1.62 bits per heavy atom. The Balaban J connectivity index is 3.97. The maximum atomic E-state index is 10.7. The van der Waals surface area contributed by atoms with E-state index in [-0.39, 0.29) is 0 Å². The summed E-state index contributed by atoms with van der Waals surface area (Å²) in [7, 11) is 0. The van der Waals surface area contributed by atoms with Gasteiger partial charge in [0.15, 0.2) is 6.10 Å². The van der Waals surface area contributed by atoms with E-state index in [4.69, 9.17) is 15.3 Å². The topological polar surface area (TPSA) is 140 Å². The van der Waals surface area contributed by atoms with Crippen LogP contribution in [-0.2, 0) is 28.9 Å². The zero-order chi connectivity index (χ0) is 12.7. The largest absolute Gasteiger partial charge is 0.423 e. The Morgan fingerprint density at radius 1 is 1.12 bits per heavy atom. The molecule has 16 heavy (non-hydrogen) atoms. The van der Waals surface area contributed by atoms with E-state index in [2.05, 4.69) is 14.5 Å². The third kappa shape index (κ3) is 5.24. The van der Waals surface area contributed by atoms with Gasteiger partial charge in [0.1, 0.15) is 6.61 Å². The molecule has 0 aromatic carbocycles. The van der Waals surface area contributed by atoms with Crippen molar-refractivity contribution in [3.8, 4) is 0 Å². The number of aliphatic hydroxyl groups excluding tert-OH is 3. The van der Waals surface area contributed by atoms with Gasteiger partial charge in [-0.1, -0.05) is 0 Å². The van der Waals surface area contributed by atoms with E-state index < -0.39 is 36.9 Å². The Hall–Kier alpha value is -1.71. The van der Waals surface area contributed by atoms with Gasteiger partial charge in [-0.25, -0.2) is 24.2 Å². The highest BCUT2D eigenvalue weighted by molar-refractivity contribution is 5.79. The van der Waals surface area contributed by atoms with Gasteiger partial charge in [0.05, 0.1) is 0 Å². The summed E-state index contributed by atoms with van der Waals surface area (Å²) in [6.45, 7) is 0.0101. The van der Waals surface area contributed by atoms with E-state index in [1.165, 1.54) is 0 Å². The van der Waals surface area contributed by atoms with Crippen molar-refractivity contribution < 1.29 is 44.2 Å². The number of carbonyl (C=O) groups excluding carboxylic acids is 3. The predicted octanol–water partition coefficient (Wildman–Crippen LogP) is -2.78. The lowest BCUT2D eigenvalue weighted by molar-refractivity contribution is -0.278. The first-order valence-corrected chi connectivity index (χ1v) is 3.97. The second-order valence-corrected chi connectivity index (χ2v) is 2.48. The molecule has 0 heterocycles. The number of carbonyl (C=O) groups is 3. The highest BCUT2D eigenvalue weighted by Gasteiger charge is 2.24. The van der Waals surface area contributed by atoms with Crippen LogP contribution in [0.15, 0.2) is 0 Å². The maximum Gasteiger partial charge on any atom is 0.423 e. The van der Waals surface area contributed by atoms with E-state index in [0.717, 1.165) is 6.92 Å². The highest BCUT2D eigenvalue weighted by atomic mass is 17.2. The van der Waals surface area contributed by atoms with Gasteiger partial charge in [-0.3, -0.25) is 0 Å². The van der Waals surface area contributed by atoms with Crippen LogP contribution in [0, 0.1) is 0 Å². The van der Waals surface area contributed by atoms with E-state index in [1.54, 1.807) is 0 Å². The van der Waals surface area contributed by atoms with Gasteiger partial charge in [-0.15, -0.1) is 0 Å². The van der Waals surface area contributed by atoms with Gasteiger partial charge in [0.2, 0.25) is 0 Å². The molecule has 0 bridgehead atoms. The second-order valence-electron chi connectivity index (χ2n) is 2.48. The number of hydrogen-bond acceptors (Lipinski definition) is 9. The number of esters is 1. The first kappa shape index (κ1) is 14.3. The third-order valence-corrected chi connectivity index (χ3v) is 1.12. The van der Waals surface area contributed by atoms with Crippen LogP contribution in [0.4, 0.5) is 0 Å². The third-order valence-electron chi connectivity index (χ3n) is 1.12. The fraction of sp³-hybridized carbons (Fsp3) is 0.571. The van der Waals surface area contributed by atoms with Gasteiger partial charge in [0, 0.05) is 0 Å². The zero-order valence-corrected chi connectivity index (χ0v) is 8.15. The van der Waals surface area contributed by atoms with E-state index >= 15 is 0 Å². The summed E-state index contributed by atoms with van der Waals surface area (Å²) in [5, 5.41) is 25.6. The molecule has 9 nitrogen and oxygen atoms in total. The molecule has 2 unspecified atom stereocenters. The molecule has 0 spiro atoms. The standard InChI is InChI=1S/C7H10O9/c1-3(9)5(11)15-16-7(13)6(12)14-4(10)2-8/h3,6,8-9,12H,2H2,1H3. The molecule has 92 valence electrons. The summed E-state index contributed by atoms with van der Waals surface area (Å²) in [5.74, 6) is -4.13. The molecule has 0 aromatic rings. The minimum atomic E-state index is -2.33. The number of aliphatic hydroxyl groups is 3. The summed E-state index contributed by atoms with van der Waals surface area (Å²) in [5.41, 5.74) is 0. The van der Waals surface area contributed by atoms with Crippen LogP contribution in [0.1, 0.15) is 6.92 Å². The monoisotopic (exact) mass is 238 g/mol. The van der Waals surface area contributed by atoms with Crippen molar-refractivity contribution >= 4 is 17.9 Å². The molecule has 0 aromatic heterocycles. The number of rotatable bonds is 4. The summed E-state index contributed by atoms with van der Waals surface area (Å²) >= 11 is 0. The SMILES string of the molecule is CC(O)C(=O)OOC(=O)C(O)OC(=O)CO. The summed E-state index contributed by atoms with van der Waals surface area (Å²) in [6, 6.07) is 0. The molecule has 0 saturated carbocycles. The first-order chi connectivity index (χ1) is 7.38. The lowest BCUT2D eigenvalue weighted by Crippen LogP contribution is -2.31. The van der Waals surface area contributed by atoms with Gasteiger partial charge < -0.3 is 20.1 Å². The van der Waals surface area contributed by atoms with Crippen LogP contribution in [0.3, 0.4) is 0 Å². The molecule has 0 radical (unpaired) electrons. The van der Waals surface area contributed by atoms with Crippen LogP contribution in [0.25, 0.3) is 0 Å². The zero-order valence-electron chi connectivity index (χ0n) is 8.15. The van der Waals surface area contributed by atoms with Crippen molar-refractivity contribution in [1.82, 2.24) is 0 Å². The first-order valence-electron chi connectivity index (χ1n) is 3.97. The molecule has 2 atom stereocenters. The maximum absolute atomic E-state index is 10.7. The molecule has 0 fully saturated rings. The molecule has 0 amide bonds. The van der Waals surface area contributed by atoms with Crippen LogP contribution in [0.2, 0.25) is 0 Å². The number of ether oxygens (including phenoxy) is 1. The van der Waals surface area contributed by atoms with Crippen LogP contribution >= 0.6 is 0 Å². The van der Waals surface area contributed by atoms with Crippen molar-refractivity contribution in [3.05, 3.63) is 0 Å². The van der Waals surface area contributed by atoms with Crippen LogP contribution in [0.5, 0.6) is 0 Å². The van der Waals surface area contributed by atoms with Crippen molar-refractivity contribution in [3.63, 3.8) is 0 Å². The highest BCUT2D eigenvalue weighted by Crippen LogP contribution is 1.95. The summed E-state index contributed by atoms with van der Waals surface area (Å²) in [6.07, 6.45) is -3.86. The Bertz CT molecular complexity index is 271. The average Bonchev–Trinajstić information content (AvgIpc) is 2.24. The molecular formula is C7H10O9. The predicted molar refractivity (Wildman–Crippen MR) is 43.0 cm³/mol. The van der Waals surface area contributed by atoms with E-state index in [9.17, 15) is 14.4 Å². The van der Waals surface area contributed by atoms with Crippen LogP contribution < -0.4 is 0 Å². The van der Waals surface area contributed by atoms with Crippen molar-refractivity contribution in [1.29, 1.82) is 0 Å². The molecular weight excluding hydrogens is 228 g/mol. The molecule has 9 heteroatoms. The molecule has 0 rings (SSSR count). The minimum Gasteiger partial charge on any atom is -0.422 e. The van der Waals surface area contributed by atoms with Gasteiger partial charge in [-0.05, 0) is 6.92 Å². The number of hydrogen-bond donors (Lipinski definition) is 3. The Kier molecular flexibility index (Phi) is 6.00. The second kappa shape index (κ2) is 6.71. The fourth-order valence-corrected chi connectivity index (χ4v) is 0.403. The minimum absolute atomic E-state index is 1.04. The van der Waals surface area contributed by atoms with Crippen molar-refractivity contribution in [2.45, 2.75) is 19.3 Å². The summed E-state index contributed by atoms with van der Waals surface area (Å²) < 4.78 is 3.89. The quantitative estimate of drug-likeness (QED) is 0.205. The van der Waals surface area contributed by atoms with Gasteiger partial charge in [-0.2, -0.15) is 0 Å². The molecule has 3 N–H and O–H groups in total. The van der Waals surface area contributed by atoms with Crippen molar-refractivity contribution in [2.75, 3.05) is 6.61 Å². The molecule has 0 saturated heterocycles. The Morgan fingerprint density at radius 3 is 2.06 bits per heavy atom. The van der Waals surface area contributed by atoms with Crippen LogP contribution in [-0.4, -0.2) is 52.2 Å². The van der Waals surface area contributed by atoms with Gasteiger partial charge >= 0.3 is 24.2 Å². The Labute approximate surface area is 89.1 Å². The smallest absolute Gasteiger partial charge is 0.422 e. The lowest BCUT2D eigenvalue weighted by Gasteiger charge is -2.09. The van der Waals surface area contributed by atoms with Crippen molar-refractivity contribution in [2.24, 2.45) is 0 Å². The summed E-state index contributed by atoms with van der Waals surface area (Å²) in [4.78, 5) is 39.2. The molecule has 0 aliphatic carbocycles. The lowest BCUT2D eigenvalue weighted by atomic mass is 10.4. The van der Waals surface area contributed by atoms with Gasteiger partial charge in [0.25, 0.3) is 0 Å².